The van der Waals surface area contributed by atoms with E-state index in [4.69, 9.17) is 17.3 Å². The van der Waals surface area contributed by atoms with Gasteiger partial charge in [-0.15, -0.1) is 0 Å². The minimum Gasteiger partial charge on any atom is -0.369 e. The lowest BCUT2D eigenvalue weighted by molar-refractivity contribution is -0.119. The minimum absolute atomic E-state index is 0.322. The third-order valence-corrected chi connectivity index (χ3v) is 3.50. The van der Waals surface area contributed by atoms with Gasteiger partial charge in [-0.25, -0.2) is 14.5 Å². The lowest BCUT2D eigenvalue weighted by atomic mass is 10.0. The van der Waals surface area contributed by atoms with Gasteiger partial charge in [-0.1, -0.05) is 37.4 Å². The quantitative estimate of drug-likeness (QED) is 0.854. The first kappa shape index (κ1) is 15.3. The van der Waals surface area contributed by atoms with Crippen molar-refractivity contribution in [3.05, 3.63) is 45.6 Å². The lowest BCUT2D eigenvalue weighted by Crippen LogP contribution is -2.26. The zero-order valence-corrected chi connectivity index (χ0v) is 12.4. The molecule has 0 saturated heterocycles. The molecule has 0 saturated carbocycles. The molecule has 1 heterocycles. The average molecular weight is 309 g/mol. The van der Waals surface area contributed by atoms with Gasteiger partial charge in [-0.3, -0.25) is 4.79 Å². The van der Waals surface area contributed by atoms with E-state index >= 15 is 0 Å². The van der Waals surface area contributed by atoms with Crippen LogP contribution in [0.5, 0.6) is 0 Å². The van der Waals surface area contributed by atoms with Crippen LogP contribution in [0.2, 0.25) is 5.02 Å². The standard InChI is InChI=1S/C14H17ClN4O2/c1-2-3-7-11(12(16)20)13-17-18-14(21)19(13)10-6-4-5-9(15)8-10/h4-6,8,11H,2-3,7H2,1H3,(H2,16,20)(H,18,21). The molecule has 21 heavy (non-hydrogen) atoms. The number of aromatic nitrogens is 3. The normalized spacial score (nSPS) is 12.3. The smallest absolute Gasteiger partial charge is 0.347 e. The topological polar surface area (TPSA) is 93.8 Å². The van der Waals surface area contributed by atoms with Gasteiger partial charge in [0.15, 0.2) is 5.82 Å². The van der Waals surface area contributed by atoms with E-state index < -0.39 is 17.5 Å². The Balaban J connectivity index is 2.50. The summed E-state index contributed by atoms with van der Waals surface area (Å²) >= 11 is 5.95. The van der Waals surface area contributed by atoms with Crippen LogP contribution in [0, 0.1) is 0 Å². The van der Waals surface area contributed by atoms with Crippen LogP contribution in [0.1, 0.15) is 37.9 Å². The first-order valence-electron chi connectivity index (χ1n) is 6.77. The van der Waals surface area contributed by atoms with Crippen molar-refractivity contribution in [3.63, 3.8) is 0 Å². The van der Waals surface area contributed by atoms with Crippen molar-refractivity contribution in [2.24, 2.45) is 5.73 Å². The number of halogens is 1. The minimum atomic E-state index is -0.608. The van der Waals surface area contributed by atoms with E-state index in [0.717, 1.165) is 12.8 Å². The number of primary amides is 1. The fourth-order valence-corrected chi connectivity index (χ4v) is 2.40. The molecule has 0 bridgehead atoms. The van der Waals surface area contributed by atoms with Crippen LogP contribution < -0.4 is 11.4 Å². The Kier molecular flexibility index (Phi) is 4.80. The molecule has 6 nitrogen and oxygen atoms in total. The van der Waals surface area contributed by atoms with Crippen LogP contribution in [-0.2, 0) is 4.79 Å². The predicted molar refractivity (Wildman–Crippen MR) is 80.7 cm³/mol. The van der Waals surface area contributed by atoms with Gasteiger partial charge in [-0.05, 0) is 24.6 Å². The first-order valence-corrected chi connectivity index (χ1v) is 7.15. The van der Waals surface area contributed by atoms with E-state index in [-0.39, 0.29) is 0 Å². The summed E-state index contributed by atoms with van der Waals surface area (Å²) in [5.41, 5.74) is 5.59. The van der Waals surface area contributed by atoms with Crippen LogP contribution in [0.15, 0.2) is 29.1 Å². The number of carbonyl (C=O) groups excluding carboxylic acids is 1. The molecule has 0 aliphatic rings. The fourth-order valence-electron chi connectivity index (χ4n) is 2.21. The number of aromatic amines is 1. The molecule has 3 N–H and O–H groups in total. The number of rotatable bonds is 6. The molecule has 2 rings (SSSR count). The third kappa shape index (κ3) is 3.33. The summed E-state index contributed by atoms with van der Waals surface area (Å²) in [4.78, 5) is 23.7. The van der Waals surface area contributed by atoms with Crippen molar-refractivity contribution >= 4 is 17.5 Å². The zero-order valence-electron chi connectivity index (χ0n) is 11.7. The Bertz CT molecular complexity index is 692. The molecule has 0 spiro atoms. The van der Waals surface area contributed by atoms with E-state index in [0.29, 0.717) is 23.0 Å². The number of H-pyrrole nitrogens is 1. The molecule has 7 heteroatoms. The van der Waals surface area contributed by atoms with Gasteiger partial charge in [0.1, 0.15) is 0 Å². The van der Waals surface area contributed by atoms with Crippen molar-refractivity contribution in [3.8, 4) is 5.69 Å². The zero-order chi connectivity index (χ0) is 15.4. The molecule has 0 aliphatic carbocycles. The van der Waals surface area contributed by atoms with Crippen molar-refractivity contribution in [2.45, 2.75) is 32.1 Å². The van der Waals surface area contributed by atoms with Gasteiger partial charge in [0, 0.05) is 5.02 Å². The molecule has 2 aromatic rings. The summed E-state index contributed by atoms with van der Waals surface area (Å²) in [6.45, 7) is 2.02. The number of hydrogen-bond donors (Lipinski definition) is 2. The van der Waals surface area contributed by atoms with Gasteiger partial charge in [-0.2, -0.15) is 5.10 Å². The maximum absolute atomic E-state index is 12.0. The number of benzene rings is 1. The first-order chi connectivity index (χ1) is 10.0. The number of nitrogens with zero attached hydrogens (tertiary/aromatic N) is 2. The summed E-state index contributed by atoms with van der Waals surface area (Å²) in [6, 6.07) is 6.80. The summed E-state index contributed by atoms with van der Waals surface area (Å²) in [7, 11) is 0. The summed E-state index contributed by atoms with van der Waals surface area (Å²) in [5, 5.41) is 6.85. The summed E-state index contributed by atoms with van der Waals surface area (Å²) in [6.07, 6.45) is 2.30. The highest BCUT2D eigenvalue weighted by molar-refractivity contribution is 6.30. The van der Waals surface area contributed by atoms with Crippen LogP contribution in [0.25, 0.3) is 5.69 Å². The third-order valence-electron chi connectivity index (χ3n) is 3.27. The molecule has 1 aromatic heterocycles. The van der Waals surface area contributed by atoms with Gasteiger partial charge in [0.25, 0.3) is 0 Å². The molecular weight excluding hydrogens is 292 g/mol. The second kappa shape index (κ2) is 6.58. The molecule has 1 unspecified atom stereocenters. The highest BCUT2D eigenvalue weighted by Crippen LogP contribution is 2.22. The van der Waals surface area contributed by atoms with Crippen molar-refractivity contribution < 1.29 is 4.79 Å². The van der Waals surface area contributed by atoms with Crippen molar-refractivity contribution in [2.75, 3.05) is 0 Å². The Morgan fingerprint density at radius 3 is 2.90 bits per heavy atom. The number of amides is 1. The van der Waals surface area contributed by atoms with Crippen LogP contribution in [0.4, 0.5) is 0 Å². The number of nitrogens with two attached hydrogens (primary N) is 1. The van der Waals surface area contributed by atoms with Crippen LogP contribution >= 0.6 is 11.6 Å². The molecular formula is C14H17ClN4O2. The number of hydrogen-bond acceptors (Lipinski definition) is 3. The largest absolute Gasteiger partial charge is 0.369 e. The Hall–Kier alpha value is -2.08. The number of carbonyl (C=O) groups is 1. The SMILES string of the molecule is CCCCC(C(N)=O)c1n[nH]c(=O)n1-c1cccc(Cl)c1. The van der Waals surface area contributed by atoms with E-state index in [1.54, 1.807) is 24.3 Å². The Morgan fingerprint density at radius 1 is 1.52 bits per heavy atom. The van der Waals surface area contributed by atoms with E-state index in [1.807, 2.05) is 6.92 Å². The lowest BCUT2D eigenvalue weighted by Gasteiger charge is -2.13. The predicted octanol–water partition coefficient (Wildman–Crippen LogP) is 1.97. The molecule has 1 atom stereocenters. The highest BCUT2D eigenvalue weighted by Gasteiger charge is 2.25. The maximum atomic E-state index is 12.0. The molecule has 0 aliphatic heterocycles. The van der Waals surface area contributed by atoms with Crippen LogP contribution in [0.3, 0.4) is 0 Å². The summed E-state index contributed by atoms with van der Waals surface area (Å²) < 4.78 is 1.34. The molecule has 0 fully saturated rings. The highest BCUT2D eigenvalue weighted by atomic mass is 35.5. The van der Waals surface area contributed by atoms with Crippen molar-refractivity contribution in [1.82, 2.24) is 14.8 Å². The summed E-state index contributed by atoms with van der Waals surface area (Å²) in [5.74, 6) is -0.781. The molecule has 0 radical (unpaired) electrons. The van der Waals surface area contributed by atoms with E-state index in [9.17, 15) is 9.59 Å². The maximum Gasteiger partial charge on any atom is 0.347 e. The fraction of sp³-hybridized carbons (Fsp3) is 0.357. The van der Waals surface area contributed by atoms with Gasteiger partial charge in [0.05, 0.1) is 11.6 Å². The Labute approximate surface area is 126 Å². The number of unbranched alkanes of at least 4 members (excludes halogenated alkanes) is 1. The van der Waals surface area contributed by atoms with Gasteiger partial charge < -0.3 is 5.73 Å². The molecule has 112 valence electrons. The second-order valence-electron chi connectivity index (χ2n) is 4.80. The monoisotopic (exact) mass is 308 g/mol. The number of nitrogens with one attached hydrogen (secondary N) is 1. The molecule has 1 amide bonds. The Morgan fingerprint density at radius 2 is 2.29 bits per heavy atom. The van der Waals surface area contributed by atoms with Gasteiger partial charge in [0.2, 0.25) is 5.91 Å². The van der Waals surface area contributed by atoms with Crippen molar-refractivity contribution in [1.29, 1.82) is 0 Å². The van der Waals surface area contributed by atoms with Crippen LogP contribution in [-0.4, -0.2) is 20.7 Å². The average Bonchev–Trinajstić information content (AvgIpc) is 2.81. The van der Waals surface area contributed by atoms with E-state index in [2.05, 4.69) is 10.2 Å². The molecule has 1 aromatic carbocycles. The van der Waals surface area contributed by atoms with E-state index in [1.165, 1.54) is 4.57 Å². The second-order valence-corrected chi connectivity index (χ2v) is 5.24. The van der Waals surface area contributed by atoms with Gasteiger partial charge >= 0.3 is 5.69 Å².